The van der Waals surface area contributed by atoms with Gasteiger partial charge in [0.1, 0.15) is 0 Å². The number of piperidine rings is 2. The van der Waals surface area contributed by atoms with Crippen molar-refractivity contribution in [2.45, 2.75) is 25.1 Å². The largest absolute Gasteiger partial charge is 0.471 e. The Morgan fingerprint density at radius 1 is 1.18 bits per heavy atom. The number of hydrogen-bond acceptors (Lipinski definition) is 2. The van der Waals surface area contributed by atoms with Gasteiger partial charge in [0.15, 0.2) is 0 Å². The molecule has 3 heterocycles. The highest BCUT2D eigenvalue weighted by Gasteiger charge is 2.54. The maximum atomic E-state index is 12.5. The Morgan fingerprint density at radius 3 is 2.59 bits per heavy atom. The summed E-state index contributed by atoms with van der Waals surface area (Å²) in [5.41, 5.74) is 0. The van der Waals surface area contributed by atoms with Gasteiger partial charge in [0.25, 0.3) is 0 Å². The molecule has 4 atom stereocenters. The first kappa shape index (κ1) is 11.3. The van der Waals surface area contributed by atoms with Crippen LogP contribution in [0.4, 0.5) is 13.2 Å². The number of carbonyl (C=O) groups excluding carboxylic acids is 1. The molecule has 17 heavy (non-hydrogen) atoms. The second kappa shape index (κ2) is 3.60. The number of hydrogen-bond donors (Lipinski definition) is 1. The number of fused-ring (bicyclic) bond motifs is 2. The molecule has 0 spiro atoms. The zero-order chi connectivity index (χ0) is 12.2. The average molecular weight is 248 g/mol. The van der Waals surface area contributed by atoms with E-state index < -0.39 is 12.1 Å². The third-order valence-corrected chi connectivity index (χ3v) is 4.58. The van der Waals surface area contributed by atoms with Crippen molar-refractivity contribution in [3.8, 4) is 0 Å². The predicted octanol–water partition coefficient (Wildman–Crippen LogP) is 1.01. The average Bonchev–Trinajstić information content (AvgIpc) is 2.77. The summed E-state index contributed by atoms with van der Waals surface area (Å²) < 4.78 is 37.5. The highest BCUT2D eigenvalue weighted by atomic mass is 19.4. The molecule has 0 aromatic carbocycles. The Labute approximate surface area is 97.3 Å². The van der Waals surface area contributed by atoms with Gasteiger partial charge >= 0.3 is 12.1 Å². The van der Waals surface area contributed by atoms with Crippen LogP contribution in [0.3, 0.4) is 0 Å². The summed E-state index contributed by atoms with van der Waals surface area (Å²) in [5.74, 6) is -0.677. The lowest BCUT2D eigenvalue weighted by molar-refractivity contribution is -0.196. The molecule has 3 saturated heterocycles. The molecular weight excluding hydrogens is 233 g/mol. The Balaban J connectivity index is 1.83. The fraction of sp³-hybridized carbons (Fsp3) is 0.909. The third-order valence-electron chi connectivity index (χ3n) is 4.58. The molecule has 0 aromatic rings. The summed E-state index contributed by atoms with van der Waals surface area (Å²) in [6.45, 7) is 1.96. The molecular formula is C11H15F3N2O. The molecule has 0 radical (unpaired) electrons. The van der Waals surface area contributed by atoms with Crippen molar-refractivity contribution in [1.29, 1.82) is 0 Å². The molecule has 1 N–H and O–H groups in total. The van der Waals surface area contributed by atoms with Crippen molar-refractivity contribution >= 4 is 5.91 Å². The van der Waals surface area contributed by atoms with E-state index in [1.165, 1.54) is 0 Å². The first-order valence-electron chi connectivity index (χ1n) is 6.07. The van der Waals surface area contributed by atoms with Crippen LogP contribution in [0.2, 0.25) is 0 Å². The van der Waals surface area contributed by atoms with E-state index in [9.17, 15) is 18.0 Å². The second-order valence-corrected chi connectivity index (χ2v) is 5.35. The SMILES string of the molecule is O=C(N1CC2CCC1C1CNCC21)C(F)(F)F. The van der Waals surface area contributed by atoms with Crippen molar-refractivity contribution in [2.24, 2.45) is 17.8 Å². The summed E-state index contributed by atoms with van der Waals surface area (Å²) in [6, 6.07) is -0.200. The zero-order valence-electron chi connectivity index (χ0n) is 9.33. The Kier molecular flexibility index (Phi) is 2.40. The molecule has 4 unspecified atom stereocenters. The first-order valence-corrected chi connectivity index (χ1v) is 6.07. The Morgan fingerprint density at radius 2 is 1.88 bits per heavy atom. The standard InChI is InChI=1S/C11H15F3N2O/c12-11(13,14)10(17)16-5-6-1-2-9(16)8-4-15-3-7(6)8/h6-9,15H,1-5H2. The lowest BCUT2D eigenvalue weighted by Crippen LogP contribution is -2.61. The number of rotatable bonds is 0. The first-order chi connectivity index (χ1) is 7.98. The normalized spacial score (nSPS) is 40.5. The van der Waals surface area contributed by atoms with Gasteiger partial charge < -0.3 is 10.2 Å². The van der Waals surface area contributed by atoms with Crippen LogP contribution in [-0.2, 0) is 4.79 Å². The minimum Gasteiger partial charge on any atom is -0.331 e. The van der Waals surface area contributed by atoms with Crippen molar-refractivity contribution in [2.75, 3.05) is 19.6 Å². The van der Waals surface area contributed by atoms with Crippen molar-refractivity contribution in [3.63, 3.8) is 0 Å². The van der Waals surface area contributed by atoms with Gasteiger partial charge in [-0.05, 0) is 37.1 Å². The van der Waals surface area contributed by atoms with E-state index >= 15 is 0 Å². The van der Waals surface area contributed by atoms with Crippen molar-refractivity contribution in [1.82, 2.24) is 10.2 Å². The van der Waals surface area contributed by atoms with Gasteiger partial charge in [-0.1, -0.05) is 0 Å². The number of carbonyl (C=O) groups is 1. The molecule has 1 aliphatic carbocycles. The third kappa shape index (κ3) is 1.64. The van der Waals surface area contributed by atoms with E-state index in [0.29, 0.717) is 12.5 Å². The van der Waals surface area contributed by atoms with Gasteiger partial charge in [0.2, 0.25) is 0 Å². The fourth-order valence-corrected chi connectivity index (χ4v) is 3.87. The van der Waals surface area contributed by atoms with Gasteiger partial charge in [-0.3, -0.25) is 4.79 Å². The van der Waals surface area contributed by atoms with E-state index in [0.717, 1.165) is 30.8 Å². The monoisotopic (exact) mass is 248 g/mol. The molecule has 3 aliphatic heterocycles. The van der Waals surface area contributed by atoms with E-state index in [1.807, 2.05) is 0 Å². The van der Waals surface area contributed by atoms with Gasteiger partial charge in [0.05, 0.1) is 0 Å². The lowest BCUT2D eigenvalue weighted by Gasteiger charge is -2.52. The number of alkyl halides is 3. The smallest absolute Gasteiger partial charge is 0.331 e. The Bertz CT molecular complexity index is 344. The highest BCUT2D eigenvalue weighted by Crippen LogP contribution is 2.45. The minimum absolute atomic E-state index is 0.200. The molecule has 3 nitrogen and oxygen atoms in total. The Hall–Kier alpha value is -0.780. The van der Waals surface area contributed by atoms with Crippen LogP contribution in [0.25, 0.3) is 0 Å². The van der Waals surface area contributed by atoms with Crippen LogP contribution in [0.1, 0.15) is 12.8 Å². The van der Waals surface area contributed by atoms with Crippen LogP contribution < -0.4 is 5.32 Å². The van der Waals surface area contributed by atoms with Crippen LogP contribution in [-0.4, -0.2) is 42.7 Å². The summed E-state index contributed by atoms with van der Waals surface area (Å²) in [7, 11) is 0. The van der Waals surface area contributed by atoms with Crippen molar-refractivity contribution < 1.29 is 18.0 Å². The molecule has 1 amide bonds. The van der Waals surface area contributed by atoms with Crippen LogP contribution >= 0.6 is 0 Å². The maximum absolute atomic E-state index is 12.5. The highest BCUT2D eigenvalue weighted by molar-refractivity contribution is 5.82. The number of halogens is 3. The quantitative estimate of drug-likeness (QED) is 0.693. The molecule has 96 valence electrons. The van der Waals surface area contributed by atoms with Crippen LogP contribution in [0.5, 0.6) is 0 Å². The molecule has 4 aliphatic rings. The summed E-state index contributed by atoms with van der Waals surface area (Å²) >= 11 is 0. The topological polar surface area (TPSA) is 32.3 Å². The van der Waals surface area contributed by atoms with Gasteiger partial charge in [-0.15, -0.1) is 0 Å². The summed E-state index contributed by atoms with van der Waals surface area (Å²) in [4.78, 5) is 12.5. The lowest BCUT2D eigenvalue weighted by atomic mass is 9.66. The molecule has 2 bridgehead atoms. The van der Waals surface area contributed by atoms with Crippen LogP contribution in [0, 0.1) is 17.8 Å². The summed E-state index contributed by atoms with van der Waals surface area (Å²) in [5, 5.41) is 3.24. The number of amides is 1. The van der Waals surface area contributed by atoms with E-state index in [4.69, 9.17) is 0 Å². The molecule has 4 fully saturated rings. The molecule has 1 saturated carbocycles. The molecule has 6 heteroatoms. The summed E-state index contributed by atoms with van der Waals surface area (Å²) in [6.07, 6.45) is -3.02. The van der Waals surface area contributed by atoms with E-state index in [-0.39, 0.29) is 17.9 Å². The maximum Gasteiger partial charge on any atom is 0.471 e. The van der Waals surface area contributed by atoms with Gasteiger partial charge in [0, 0.05) is 19.1 Å². The van der Waals surface area contributed by atoms with E-state index in [2.05, 4.69) is 5.32 Å². The van der Waals surface area contributed by atoms with E-state index in [1.54, 1.807) is 0 Å². The predicted molar refractivity (Wildman–Crippen MR) is 54.1 cm³/mol. The fourth-order valence-electron chi connectivity index (χ4n) is 3.87. The van der Waals surface area contributed by atoms with Gasteiger partial charge in [-0.25, -0.2) is 0 Å². The number of nitrogens with zero attached hydrogens (tertiary/aromatic N) is 1. The molecule has 4 rings (SSSR count). The van der Waals surface area contributed by atoms with Gasteiger partial charge in [-0.2, -0.15) is 13.2 Å². The number of nitrogens with one attached hydrogen (secondary N) is 1. The second-order valence-electron chi connectivity index (χ2n) is 5.35. The minimum atomic E-state index is -4.72. The molecule has 0 aromatic heterocycles. The van der Waals surface area contributed by atoms with Crippen LogP contribution in [0.15, 0.2) is 0 Å². The zero-order valence-corrected chi connectivity index (χ0v) is 9.33. The van der Waals surface area contributed by atoms with Crippen molar-refractivity contribution in [3.05, 3.63) is 0 Å².